The van der Waals surface area contributed by atoms with Gasteiger partial charge in [0.2, 0.25) is 0 Å². The maximum atomic E-state index is 10.4. The summed E-state index contributed by atoms with van der Waals surface area (Å²) in [5.41, 5.74) is 6.67. The number of aliphatic hydroxyl groups is 1. The van der Waals surface area contributed by atoms with Gasteiger partial charge in [0.05, 0.1) is 28.5 Å². The number of nitrogens with one attached hydrogen (secondary N) is 3. The minimum atomic E-state index is -0.718. The number of hydrogen-bond donors (Lipinski definition) is 4. The normalized spacial score (nSPS) is 12.8. The van der Waals surface area contributed by atoms with Gasteiger partial charge in [0.25, 0.3) is 0 Å². The van der Waals surface area contributed by atoms with Crippen molar-refractivity contribution in [3.05, 3.63) is 67.5 Å². The predicted octanol–water partition coefficient (Wildman–Crippen LogP) is 4.80. The summed E-state index contributed by atoms with van der Waals surface area (Å²) >= 11 is 0. The topological polar surface area (TPSA) is 141 Å². The highest BCUT2D eigenvalue weighted by molar-refractivity contribution is 5.96. The average Bonchev–Trinajstić information content (AvgIpc) is 3.52. The Bertz CT molecular complexity index is 1720. The maximum Gasteiger partial charge on any atom is 0.159 e. The van der Waals surface area contributed by atoms with Crippen molar-refractivity contribution in [3.8, 4) is 33.9 Å². The minimum Gasteiger partial charge on any atom is -0.373 e. The lowest BCUT2D eigenvalue weighted by atomic mass is 9.94. The molecule has 10 nitrogen and oxygen atoms in total. The van der Waals surface area contributed by atoms with Crippen molar-refractivity contribution in [1.82, 2.24) is 40.1 Å². The highest BCUT2D eigenvalue weighted by Crippen LogP contribution is 2.32. The Labute approximate surface area is 212 Å². The second-order valence-corrected chi connectivity index (χ2v) is 9.95. The molecular weight excluding hydrogens is 466 g/mol. The van der Waals surface area contributed by atoms with Crippen LogP contribution < -0.4 is 5.32 Å². The molecule has 0 aromatic carbocycles. The van der Waals surface area contributed by atoms with Crippen LogP contribution in [-0.2, 0) is 0 Å². The van der Waals surface area contributed by atoms with Gasteiger partial charge in [-0.15, -0.1) is 0 Å². The summed E-state index contributed by atoms with van der Waals surface area (Å²) in [6.45, 7) is 5.90. The fourth-order valence-electron chi connectivity index (χ4n) is 4.05. The van der Waals surface area contributed by atoms with Crippen molar-refractivity contribution in [2.45, 2.75) is 27.0 Å². The van der Waals surface area contributed by atoms with Crippen LogP contribution in [0.5, 0.6) is 0 Å². The van der Waals surface area contributed by atoms with E-state index in [2.05, 4.69) is 40.4 Å². The molecule has 6 rings (SSSR count). The number of aromatic nitrogens is 8. The van der Waals surface area contributed by atoms with Gasteiger partial charge in [-0.05, 0) is 30.3 Å². The number of hydrogen-bond acceptors (Lipinski definition) is 8. The van der Waals surface area contributed by atoms with Crippen molar-refractivity contribution in [2.24, 2.45) is 5.41 Å². The fourth-order valence-corrected chi connectivity index (χ4v) is 4.05. The molecule has 6 aromatic heterocycles. The van der Waals surface area contributed by atoms with Gasteiger partial charge < -0.3 is 15.4 Å². The first-order valence-corrected chi connectivity index (χ1v) is 11.9. The molecule has 0 aliphatic carbocycles. The SMILES string of the molecule is CC(C)(C)C(O)Nc1cncc(-c2cnc3[nH]nc(-c4nc5c(-c6cccnc6)nccc5[nH]4)c3c2)c1. The first-order chi connectivity index (χ1) is 17.9. The molecule has 0 radical (unpaired) electrons. The molecule has 1 unspecified atom stereocenters. The van der Waals surface area contributed by atoms with Crippen LogP contribution >= 0.6 is 0 Å². The van der Waals surface area contributed by atoms with Crippen LogP contribution in [0.15, 0.2) is 67.5 Å². The first kappa shape index (κ1) is 22.7. The number of fused-ring (bicyclic) bond motifs is 2. The van der Waals surface area contributed by atoms with E-state index in [4.69, 9.17) is 4.98 Å². The van der Waals surface area contributed by atoms with Crippen LogP contribution in [0.4, 0.5) is 5.69 Å². The van der Waals surface area contributed by atoms with E-state index < -0.39 is 6.23 Å². The zero-order chi connectivity index (χ0) is 25.6. The Morgan fingerprint density at radius 3 is 2.54 bits per heavy atom. The van der Waals surface area contributed by atoms with E-state index in [0.717, 1.165) is 44.5 Å². The minimum absolute atomic E-state index is 0.318. The molecule has 1 atom stereocenters. The van der Waals surface area contributed by atoms with Gasteiger partial charge in [-0.1, -0.05) is 20.8 Å². The third-order valence-corrected chi connectivity index (χ3v) is 6.17. The second kappa shape index (κ2) is 8.75. The molecule has 0 spiro atoms. The van der Waals surface area contributed by atoms with Gasteiger partial charge in [0, 0.05) is 53.1 Å². The first-order valence-electron chi connectivity index (χ1n) is 11.9. The summed E-state index contributed by atoms with van der Waals surface area (Å²) < 4.78 is 0. The van der Waals surface area contributed by atoms with E-state index in [0.29, 0.717) is 17.2 Å². The van der Waals surface area contributed by atoms with Crippen LogP contribution in [0.3, 0.4) is 0 Å². The third-order valence-electron chi connectivity index (χ3n) is 6.17. The van der Waals surface area contributed by atoms with Gasteiger partial charge in [-0.3, -0.25) is 20.1 Å². The predicted molar refractivity (Wildman–Crippen MR) is 142 cm³/mol. The molecule has 6 aromatic rings. The smallest absolute Gasteiger partial charge is 0.159 e. The van der Waals surface area contributed by atoms with E-state index >= 15 is 0 Å². The lowest BCUT2D eigenvalue weighted by Gasteiger charge is -2.27. The molecule has 0 saturated heterocycles. The zero-order valence-corrected chi connectivity index (χ0v) is 20.6. The highest BCUT2D eigenvalue weighted by Gasteiger charge is 2.22. The Kier molecular flexibility index (Phi) is 5.38. The summed E-state index contributed by atoms with van der Waals surface area (Å²) in [5, 5.41) is 21.9. The van der Waals surface area contributed by atoms with Crippen LogP contribution in [0.25, 0.3) is 56.0 Å². The van der Waals surface area contributed by atoms with E-state index in [9.17, 15) is 5.11 Å². The molecule has 10 heteroatoms. The molecule has 0 amide bonds. The lowest BCUT2D eigenvalue weighted by Crippen LogP contribution is -2.33. The average molecular weight is 492 g/mol. The van der Waals surface area contributed by atoms with Crippen molar-refractivity contribution in [1.29, 1.82) is 0 Å². The van der Waals surface area contributed by atoms with Crippen LogP contribution in [0, 0.1) is 5.41 Å². The van der Waals surface area contributed by atoms with E-state index in [1.54, 1.807) is 37.2 Å². The zero-order valence-electron chi connectivity index (χ0n) is 20.6. The van der Waals surface area contributed by atoms with Gasteiger partial charge in [-0.25, -0.2) is 9.97 Å². The molecule has 0 bridgehead atoms. The second-order valence-electron chi connectivity index (χ2n) is 9.95. The Morgan fingerprint density at radius 2 is 1.73 bits per heavy atom. The number of aliphatic hydroxyl groups excluding tert-OH is 1. The van der Waals surface area contributed by atoms with Crippen molar-refractivity contribution in [2.75, 3.05) is 5.32 Å². The monoisotopic (exact) mass is 491 g/mol. The highest BCUT2D eigenvalue weighted by atomic mass is 16.3. The van der Waals surface area contributed by atoms with Gasteiger partial charge >= 0.3 is 0 Å². The number of anilines is 1. The Balaban J connectivity index is 1.40. The lowest BCUT2D eigenvalue weighted by molar-refractivity contribution is 0.0880. The van der Waals surface area contributed by atoms with Gasteiger partial charge in [0.1, 0.15) is 17.4 Å². The third kappa shape index (κ3) is 4.27. The summed E-state index contributed by atoms with van der Waals surface area (Å²) in [4.78, 5) is 25.9. The van der Waals surface area contributed by atoms with E-state index in [-0.39, 0.29) is 5.41 Å². The summed E-state index contributed by atoms with van der Waals surface area (Å²) in [6, 6.07) is 9.68. The Morgan fingerprint density at radius 1 is 0.892 bits per heavy atom. The molecule has 0 fully saturated rings. The molecule has 4 N–H and O–H groups in total. The van der Waals surface area contributed by atoms with Crippen molar-refractivity contribution < 1.29 is 5.11 Å². The molecular formula is C27H25N9O. The molecule has 0 saturated carbocycles. The number of aromatic amines is 2. The standard InChI is InChI=1S/C27H25N9O/c1-27(2,3)26(37)32-18-9-16(12-29-14-18)17-10-19-22(35-36-24(19)31-13-17)25-33-20-6-8-30-21(23(20)34-25)15-5-4-7-28-11-15/h4-14,26,32,37H,1-3H3,(H,33,34)(H,31,35,36). The van der Waals surface area contributed by atoms with E-state index in [1.165, 1.54) is 0 Å². The largest absolute Gasteiger partial charge is 0.373 e. The number of H-pyrrole nitrogens is 2. The molecule has 0 aliphatic heterocycles. The quantitative estimate of drug-likeness (QED) is 0.252. The summed E-state index contributed by atoms with van der Waals surface area (Å²) in [7, 11) is 0. The Hall–Kier alpha value is -4.70. The molecule has 6 heterocycles. The number of nitrogens with zero attached hydrogens (tertiary/aromatic N) is 6. The molecule has 0 aliphatic rings. The van der Waals surface area contributed by atoms with E-state index in [1.807, 2.05) is 51.1 Å². The number of rotatable bonds is 5. The number of imidazole rings is 1. The number of pyridine rings is 4. The van der Waals surface area contributed by atoms with Gasteiger partial charge in [-0.2, -0.15) is 5.10 Å². The summed E-state index contributed by atoms with van der Waals surface area (Å²) in [5.74, 6) is 0.611. The van der Waals surface area contributed by atoms with Gasteiger partial charge in [0.15, 0.2) is 11.5 Å². The van der Waals surface area contributed by atoms with Crippen LogP contribution in [0.2, 0.25) is 0 Å². The fraction of sp³-hybridized carbons (Fsp3) is 0.185. The van der Waals surface area contributed by atoms with Crippen LogP contribution in [-0.4, -0.2) is 51.4 Å². The molecule has 37 heavy (non-hydrogen) atoms. The van der Waals surface area contributed by atoms with Crippen LogP contribution in [0.1, 0.15) is 20.8 Å². The maximum absolute atomic E-state index is 10.4. The molecule has 184 valence electrons. The van der Waals surface area contributed by atoms with Crippen molar-refractivity contribution in [3.63, 3.8) is 0 Å². The van der Waals surface area contributed by atoms with Crippen molar-refractivity contribution >= 4 is 27.8 Å². The summed E-state index contributed by atoms with van der Waals surface area (Å²) in [6.07, 6.45) is 9.76.